The van der Waals surface area contributed by atoms with Crippen LogP contribution in [0.2, 0.25) is 0 Å². The Balaban J connectivity index is 3.21. The molecule has 0 fully saturated rings. The maximum Gasteiger partial charge on any atom is 0.181 e. The second-order valence-corrected chi connectivity index (χ2v) is 5.43. The molecule has 2 heteroatoms. The molecule has 0 saturated carbocycles. The molecular formula is C11H21NO. The minimum Gasteiger partial charge on any atom is -0.475 e. The quantitative estimate of drug-likeness (QED) is 0.565. The summed E-state index contributed by atoms with van der Waals surface area (Å²) in [5.41, 5.74) is -0.166. The molecule has 1 rings (SSSR count). The summed E-state index contributed by atoms with van der Waals surface area (Å²) in [6, 6.07) is 0. The lowest BCUT2D eigenvalue weighted by Gasteiger charge is -2.52. The Kier molecular flexibility index (Phi) is 2.02. The number of aliphatic imine (C=N–C) groups is 1. The average Bonchev–Trinajstić information content (AvgIpc) is 1.80. The Bertz CT molecular complexity index is 249. The smallest absolute Gasteiger partial charge is 0.181 e. The first-order valence-electron chi connectivity index (χ1n) is 4.86. The first kappa shape index (κ1) is 10.6. The first-order chi connectivity index (χ1) is 5.60. The van der Waals surface area contributed by atoms with Gasteiger partial charge >= 0.3 is 0 Å². The van der Waals surface area contributed by atoms with E-state index in [0.29, 0.717) is 0 Å². The largest absolute Gasteiger partial charge is 0.475 e. The molecule has 0 radical (unpaired) electrons. The molecule has 0 amide bonds. The first-order valence-corrected chi connectivity index (χ1v) is 4.86. The van der Waals surface area contributed by atoms with E-state index in [4.69, 9.17) is 4.74 Å². The highest BCUT2D eigenvalue weighted by molar-refractivity contribution is 5.75. The minimum absolute atomic E-state index is 0.0412. The normalized spacial score (nSPS) is 29.0. The molecule has 13 heavy (non-hydrogen) atoms. The number of hydrogen-bond acceptors (Lipinski definition) is 2. The predicted molar refractivity (Wildman–Crippen MR) is 56.1 cm³/mol. The molecule has 1 aliphatic rings. The summed E-state index contributed by atoms with van der Waals surface area (Å²) in [6.07, 6.45) is 0. The van der Waals surface area contributed by atoms with Gasteiger partial charge in [-0.15, -0.1) is 0 Å². The van der Waals surface area contributed by atoms with Gasteiger partial charge in [0.2, 0.25) is 0 Å². The van der Waals surface area contributed by atoms with E-state index >= 15 is 0 Å². The van der Waals surface area contributed by atoms with Gasteiger partial charge in [-0.3, -0.25) is 0 Å². The molecule has 0 atom stereocenters. The Morgan fingerprint density at radius 3 is 1.85 bits per heavy atom. The van der Waals surface area contributed by atoms with Crippen LogP contribution in [0, 0.1) is 5.41 Å². The lowest BCUT2D eigenvalue weighted by Crippen LogP contribution is -2.57. The average molecular weight is 183 g/mol. The van der Waals surface area contributed by atoms with Crippen molar-refractivity contribution < 1.29 is 4.74 Å². The SMILES string of the molecule is CC1=NC(C)(C)C(C)(C)C(C)(C)O1. The van der Waals surface area contributed by atoms with Crippen molar-refractivity contribution in [3.8, 4) is 0 Å². The number of rotatable bonds is 0. The fourth-order valence-electron chi connectivity index (χ4n) is 1.79. The Hall–Kier alpha value is -0.530. The van der Waals surface area contributed by atoms with Gasteiger partial charge in [0.1, 0.15) is 5.60 Å². The summed E-state index contributed by atoms with van der Waals surface area (Å²) < 4.78 is 5.77. The van der Waals surface area contributed by atoms with Gasteiger partial charge in [0.05, 0.1) is 5.54 Å². The van der Waals surface area contributed by atoms with Gasteiger partial charge in [0.25, 0.3) is 0 Å². The lowest BCUT2D eigenvalue weighted by molar-refractivity contribution is -0.0772. The topological polar surface area (TPSA) is 21.6 Å². The summed E-state index contributed by atoms with van der Waals surface area (Å²) >= 11 is 0. The molecule has 76 valence electrons. The molecule has 0 aliphatic carbocycles. The molecule has 0 saturated heterocycles. The molecule has 1 aliphatic heterocycles. The van der Waals surface area contributed by atoms with Crippen molar-refractivity contribution in [3.05, 3.63) is 0 Å². The molecule has 0 aromatic heterocycles. The van der Waals surface area contributed by atoms with Crippen LogP contribution >= 0.6 is 0 Å². The van der Waals surface area contributed by atoms with E-state index in [-0.39, 0.29) is 16.6 Å². The van der Waals surface area contributed by atoms with Gasteiger partial charge < -0.3 is 4.74 Å². The third-order valence-corrected chi connectivity index (χ3v) is 3.87. The van der Waals surface area contributed by atoms with Crippen LogP contribution in [0.4, 0.5) is 0 Å². The minimum atomic E-state index is -0.150. The van der Waals surface area contributed by atoms with Crippen LogP contribution in [0.5, 0.6) is 0 Å². The predicted octanol–water partition coefficient (Wildman–Crippen LogP) is 3.02. The van der Waals surface area contributed by atoms with Crippen LogP contribution in [-0.4, -0.2) is 17.0 Å². The van der Waals surface area contributed by atoms with E-state index in [2.05, 4.69) is 46.5 Å². The summed E-state index contributed by atoms with van der Waals surface area (Å²) in [4.78, 5) is 4.56. The van der Waals surface area contributed by atoms with Gasteiger partial charge in [-0.2, -0.15) is 0 Å². The number of hydrogen-bond donors (Lipinski definition) is 0. The summed E-state index contributed by atoms with van der Waals surface area (Å²) in [7, 11) is 0. The van der Waals surface area contributed by atoms with E-state index in [9.17, 15) is 0 Å². The van der Waals surface area contributed by atoms with Crippen LogP contribution in [-0.2, 0) is 4.74 Å². The third-order valence-electron chi connectivity index (χ3n) is 3.87. The maximum atomic E-state index is 5.77. The van der Waals surface area contributed by atoms with E-state index in [1.807, 2.05) is 6.92 Å². The van der Waals surface area contributed by atoms with Crippen molar-refractivity contribution in [2.45, 2.75) is 59.6 Å². The highest BCUT2D eigenvalue weighted by atomic mass is 16.5. The van der Waals surface area contributed by atoms with Gasteiger partial charge in [0, 0.05) is 12.3 Å². The zero-order valence-electron chi connectivity index (χ0n) is 9.86. The van der Waals surface area contributed by atoms with Crippen LogP contribution in [0.1, 0.15) is 48.5 Å². The zero-order valence-corrected chi connectivity index (χ0v) is 9.86. The van der Waals surface area contributed by atoms with Crippen molar-refractivity contribution >= 4 is 5.90 Å². The van der Waals surface area contributed by atoms with Gasteiger partial charge in [-0.1, -0.05) is 13.8 Å². The maximum absolute atomic E-state index is 5.77. The molecule has 0 N–H and O–H groups in total. The fourth-order valence-corrected chi connectivity index (χ4v) is 1.79. The van der Waals surface area contributed by atoms with Crippen LogP contribution in [0.25, 0.3) is 0 Å². The van der Waals surface area contributed by atoms with Crippen molar-refractivity contribution in [2.24, 2.45) is 10.4 Å². The van der Waals surface area contributed by atoms with Gasteiger partial charge in [0.15, 0.2) is 5.90 Å². The number of nitrogens with zero attached hydrogens (tertiary/aromatic N) is 1. The second-order valence-electron chi connectivity index (χ2n) is 5.43. The van der Waals surface area contributed by atoms with Crippen molar-refractivity contribution in [1.82, 2.24) is 0 Å². The molecule has 0 aromatic rings. The molecule has 1 heterocycles. The van der Waals surface area contributed by atoms with E-state index in [1.165, 1.54) is 0 Å². The summed E-state index contributed by atoms with van der Waals surface area (Å²) in [5.74, 6) is 0.800. The number of ether oxygens (including phenoxy) is 1. The van der Waals surface area contributed by atoms with Crippen LogP contribution < -0.4 is 0 Å². The monoisotopic (exact) mass is 183 g/mol. The molecule has 0 unspecified atom stereocenters. The zero-order chi connectivity index (χ0) is 10.5. The van der Waals surface area contributed by atoms with Gasteiger partial charge in [-0.05, 0) is 27.7 Å². The van der Waals surface area contributed by atoms with Crippen molar-refractivity contribution in [2.75, 3.05) is 0 Å². The molecule has 2 nitrogen and oxygen atoms in total. The summed E-state index contributed by atoms with van der Waals surface area (Å²) in [5, 5.41) is 0. The highest BCUT2D eigenvalue weighted by Crippen LogP contribution is 2.47. The fraction of sp³-hybridized carbons (Fsp3) is 0.909. The standard InChI is InChI=1S/C11H21NO/c1-8-12-10(4,5)9(2,3)11(6,7)13-8/h1-7H3. The van der Waals surface area contributed by atoms with Gasteiger partial charge in [-0.25, -0.2) is 4.99 Å². The summed E-state index contributed by atoms with van der Waals surface area (Å²) in [6.45, 7) is 15.0. The van der Waals surface area contributed by atoms with Crippen LogP contribution in [0.15, 0.2) is 4.99 Å². The molecule has 0 spiro atoms. The Morgan fingerprint density at radius 2 is 1.46 bits per heavy atom. The highest BCUT2D eigenvalue weighted by Gasteiger charge is 2.52. The van der Waals surface area contributed by atoms with Crippen LogP contribution in [0.3, 0.4) is 0 Å². The van der Waals surface area contributed by atoms with Crippen molar-refractivity contribution in [1.29, 1.82) is 0 Å². The molecular weight excluding hydrogens is 162 g/mol. The Labute approximate surface area is 81.4 Å². The molecule has 0 bridgehead atoms. The second kappa shape index (κ2) is 2.49. The van der Waals surface area contributed by atoms with E-state index in [0.717, 1.165) is 5.90 Å². The van der Waals surface area contributed by atoms with E-state index < -0.39 is 0 Å². The lowest BCUT2D eigenvalue weighted by atomic mass is 9.64. The van der Waals surface area contributed by atoms with E-state index in [1.54, 1.807) is 0 Å². The third kappa shape index (κ3) is 1.36. The molecule has 0 aromatic carbocycles. The Morgan fingerprint density at radius 1 is 1.00 bits per heavy atom. The van der Waals surface area contributed by atoms with Crippen molar-refractivity contribution in [3.63, 3.8) is 0 Å².